The summed E-state index contributed by atoms with van der Waals surface area (Å²) in [5.41, 5.74) is 0. The molecule has 0 N–H and O–H groups in total. The first-order chi connectivity index (χ1) is 8.35. The van der Waals surface area contributed by atoms with Crippen LogP contribution in [0.3, 0.4) is 0 Å². The zero-order valence-corrected chi connectivity index (χ0v) is 10.9. The number of ether oxygens (including phenoxy) is 5. The molecule has 0 radical (unpaired) electrons. The first kappa shape index (κ1) is 16.4. The maximum atomic E-state index is 5.47. The van der Waals surface area contributed by atoms with Crippen LogP contribution in [0.1, 0.15) is 13.8 Å². The Morgan fingerprint density at radius 3 is 2.18 bits per heavy atom. The largest absolute Gasteiger partial charge is 0.499 e. The summed E-state index contributed by atoms with van der Waals surface area (Å²) in [4.78, 5) is 0. The van der Waals surface area contributed by atoms with Gasteiger partial charge in [-0.15, -0.1) is 0 Å². The smallest absolute Gasteiger partial charge is 0.181 e. The lowest BCUT2D eigenvalue weighted by Gasteiger charge is -2.18. The Balaban J connectivity index is 3.59. The Labute approximate surface area is 104 Å². The SMILES string of the molecule is C=COCCOC(COCC)OCCOCC. The van der Waals surface area contributed by atoms with Crippen molar-refractivity contribution in [3.8, 4) is 0 Å². The first-order valence-electron chi connectivity index (χ1n) is 5.96. The Kier molecular flexibility index (Phi) is 13.0. The fourth-order valence-electron chi connectivity index (χ4n) is 1.05. The molecule has 1 unspecified atom stereocenters. The van der Waals surface area contributed by atoms with Crippen LogP contribution in [-0.2, 0) is 23.7 Å². The summed E-state index contributed by atoms with van der Waals surface area (Å²) in [7, 11) is 0. The van der Waals surface area contributed by atoms with E-state index in [0.717, 1.165) is 0 Å². The maximum absolute atomic E-state index is 5.47. The van der Waals surface area contributed by atoms with E-state index >= 15 is 0 Å². The van der Waals surface area contributed by atoms with Crippen molar-refractivity contribution in [2.45, 2.75) is 20.1 Å². The van der Waals surface area contributed by atoms with Gasteiger partial charge in [-0.2, -0.15) is 0 Å². The number of rotatable bonds is 13. The van der Waals surface area contributed by atoms with Crippen LogP contribution in [0.25, 0.3) is 0 Å². The summed E-state index contributed by atoms with van der Waals surface area (Å²) in [6.07, 6.45) is 1.01. The molecule has 0 aliphatic heterocycles. The van der Waals surface area contributed by atoms with Gasteiger partial charge in [0.25, 0.3) is 0 Å². The van der Waals surface area contributed by atoms with Crippen molar-refractivity contribution in [1.29, 1.82) is 0 Å². The van der Waals surface area contributed by atoms with Crippen molar-refractivity contribution in [2.24, 2.45) is 0 Å². The highest BCUT2D eigenvalue weighted by Gasteiger charge is 2.09. The van der Waals surface area contributed by atoms with Gasteiger partial charge < -0.3 is 23.7 Å². The predicted octanol–water partition coefficient (Wildman–Crippen LogP) is 1.58. The van der Waals surface area contributed by atoms with Crippen LogP contribution in [0.15, 0.2) is 12.8 Å². The second-order valence-corrected chi connectivity index (χ2v) is 3.06. The molecule has 1 atom stereocenters. The number of hydrogen-bond acceptors (Lipinski definition) is 5. The molecule has 0 heterocycles. The molecule has 0 spiro atoms. The molecule has 5 heteroatoms. The van der Waals surface area contributed by atoms with Gasteiger partial charge in [-0.3, -0.25) is 0 Å². The lowest BCUT2D eigenvalue weighted by Crippen LogP contribution is -2.26. The molecule has 0 amide bonds. The summed E-state index contributed by atoms with van der Waals surface area (Å²) in [5, 5.41) is 0. The average molecular weight is 248 g/mol. The number of hydrogen-bond donors (Lipinski definition) is 0. The van der Waals surface area contributed by atoms with Gasteiger partial charge in [0.05, 0.1) is 32.7 Å². The molecule has 0 fully saturated rings. The van der Waals surface area contributed by atoms with Gasteiger partial charge in [-0.25, -0.2) is 0 Å². The third-order valence-electron chi connectivity index (χ3n) is 1.82. The molecule has 0 saturated carbocycles. The van der Waals surface area contributed by atoms with Crippen LogP contribution in [0, 0.1) is 0 Å². The fourth-order valence-corrected chi connectivity index (χ4v) is 1.05. The van der Waals surface area contributed by atoms with Gasteiger partial charge in [0, 0.05) is 13.2 Å². The zero-order valence-electron chi connectivity index (χ0n) is 10.9. The summed E-state index contributed by atoms with van der Waals surface area (Å²) in [5.74, 6) is 0. The van der Waals surface area contributed by atoms with Crippen LogP contribution in [0.4, 0.5) is 0 Å². The molecule has 17 heavy (non-hydrogen) atoms. The zero-order chi connectivity index (χ0) is 12.8. The van der Waals surface area contributed by atoms with E-state index in [-0.39, 0.29) is 6.29 Å². The third kappa shape index (κ3) is 11.6. The summed E-state index contributed by atoms with van der Waals surface area (Å²) < 4.78 is 26.3. The minimum atomic E-state index is -0.371. The third-order valence-corrected chi connectivity index (χ3v) is 1.82. The van der Waals surface area contributed by atoms with E-state index in [1.54, 1.807) is 0 Å². The highest BCUT2D eigenvalue weighted by molar-refractivity contribution is 4.49. The first-order valence-corrected chi connectivity index (χ1v) is 5.96. The Morgan fingerprint density at radius 2 is 1.59 bits per heavy atom. The van der Waals surface area contributed by atoms with Gasteiger partial charge >= 0.3 is 0 Å². The maximum Gasteiger partial charge on any atom is 0.181 e. The molecule has 0 aliphatic rings. The normalized spacial score (nSPS) is 12.4. The van der Waals surface area contributed by atoms with Crippen molar-refractivity contribution in [3.05, 3.63) is 12.8 Å². The minimum absolute atomic E-state index is 0.371. The van der Waals surface area contributed by atoms with E-state index in [0.29, 0.717) is 46.2 Å². The van der Waals surface area contributed by atoms with Gasteiger partial charge in [0.15, 0.2) is 6.29 Å². The Morgan fingerprint density at radius 1 is 0.941 bits per heavy atom. The van der Waals surface area contributed by atoms with E-state index in [2.05, 4.69) is 6.58 Å². The molecular formula is C12H24O5. The van der Waals surface area contributed by atoms with Crippen molar-refractivity contribution < 1.29 is 23.7 Å². The van der Waals surface area contributed by atoms with Crippen LogP contribution in [-0.4, -0.2) is 52.5 Å². The van der Waals surface area contributed by atoms with Gasteiger partial charge in [0.2, 0.25) is 0 Å². The topological polar surface area (TPSA) is 46.2 Å². The molecule has 0 bridgehead atoms. The highest BCUT2D eigenvalue weighted by atomic mass is 16.7. The molecule has 0 aromatic heterocycles. The molecule has 0 aromatic carbocycles. The Hall–Kier alpha value is -0.620. The molecule has 0 aliphatic carbocycles. The fraction of sp³-hybridized carbons (Fsp3) is 0.833. The van der Waals surface area contributed by atoms with Gasteiger partial charge in [-0.1, -0.05) is 6.58 Å². The van der Waals surface area contributed by atoms with E-state index < -0.39 is 0 Å². The van der Waals surface area contributed by atoms with Crippen molar-refractivity contribution in [2.75, 3.05) is 46.2 Å². The van der Waals surface area contributed by atoms with Gasteiger partial charge in [0.1, 0.15) is 6.61 Å². The summed E-state index contributed by atoms with van der Waals surface area (Å²) in [6.45, 7) is 11.0. The molecule has 0 aromatic rings. The monoisotopic (exact) mass is 248 g/mol. The van der Waals surface area contributed by atoms with Crippen LogP contribution >= 0.6 is 0 Å². The quantitative estimate of drug-likeness (QED) is 0.281. The van der Waals surface area contributed by atoms with Crippen molar-refractivity contribution >= 4 is 0 Å². The summed E-state index contributed by atoms with van der Waals surface area (Å²) in [6, 6.07) is 0. The van der Waals surface area contributed by atoms with Crippen LogP contribution < -0.4 is 0 Å². The molecular weight excluding hydrogens is 224 g/mol. The van der Waals surface area contributed by atoms with Crippen molar-refractivity contribution in [1.82, 2.24) is 0 Å². The predicted molar refractivity (Wildman–Crippen MR) is 64.8 cm³/mol. The minimum Gasteiger partial charge on any atom is -0.499 e. The van der Waals surface area contributed by atoms with E-state index in [9.17, 15) is 0 Å². The standard InChI is InChI=1S/C12H24O5/c1-4-13-7-9-16-12(11-15-6-3)17-10-8-14-5-2/h4,12H,1,5-11H2,2-3H3. The molecule has 102 valence electrons. The average Bonchev–Trinajstić information content (AvgIpc) is 2.35. The lowest BCUT2D eigenvalue weighted by molar-refractivity contribution is -0.181. The van der Waals surface area contributed by atoms with Crippen LogP contribution in [0.2, 0.25) is 0 Å². The van der Waals surface area contributed by atoms with Crippen LogP contribution in [0.5, 0.6) is 0 Å². The highest BCUT2D eigenvalue weighted by Crippen LogP contribution is 1.97. The Bertz CT molecular complexity index is 163. The second kappa shape index (κ2) is 13.4. The molecule has 0 saturated heterocycles. The van der Waals surface area contributed by atoms with E-state index in [1.165, 1.54) is 6.26 Å². The molecule has 5 nitrogen and oxygen atoms in total. The lowest BCUT2D eigenvalue weighted by atomic mass is 10.6. The van der Waals surface area contributed by atoms with E-state index in [4.69, 9.17) is 23.7 Å². The van der Waals surface area contributed by atoms with Gasteiger partial charge in [-0.05, 0) is 13.8 Å². The molecule has 0 rings (SSSR count). The second-order valence-electron chi connectivity index (χ2n) is 3.06. The summed E-state index contributed by atoms with van der Waals surface area (Å²) >= 11 is 0. The van der Waals surface area contributed by atoms with Crippen molar-refractivity contribution in [3.63, 3.8) is 0 Å². The van der Waals surface area contributed by atoms with E-state index in [1.807, 2.05) is 13.8 Å².